The van der Waals surface area contributed by atoms with Gasteiger partial charge in [0.05, 0.1) is 9.85 Å². The summed E-state index contributed by atoms with van der Waals surface area (Å²) >= 11 is 0. The van der Waals surface area contributed by atoms with Crippen LogP contribution in [0.3, 0.4) is 0 Å². The number of aliphatic carboxylic acids is 1. The predicted molar refractivity (Wildman–Crippen MR) is 84.9 cm³/mol. The Morgan fingerprint density at radius 2 is 1.42 bits per heavy atom. The van der Waals surface area contributed by atoms with Crippen LogP contribution >= 0.6 is 0 Å². The molecule has 0 saturated carbocycles. The van der Waals surface area contributed by atoms with E-state index in [9.17, 15) is 25.0 Å². The topological polar surface area (TPSA) is 124 Å². The molecule has 0 aliphatic rings. The molecular weight excluding hydrogens is 316 g/mol. The molecule has 0 fully saturated rings. The average Bonchev–Trinajstić information content (AvgIpc) is 2.55. The first-order chi connectivity index (χ1) is 11.4. The third kappa shape index (κ3) is 4.13. The van der Waals surface area contributed by atoms with Crippen LogP contribution in [0.1, 0.15) is 29.9 Å². The highest BCUT2D eigenvalue weighted by atomic mass is 16.6. The third-order valence-electron chi connectivity index (χ3n) is 3.61. The van der Waals surface area contributed by atoms with Crippen molar-refractivity contribution < 1.29 is 19.7 Å². The van der Waals surface area contributed by atoms with Crippen molar-refractivity contribution in [2.75, 3.05) is 0 Å². The van der Waals surface area contributed by atoms with E-state index in [1.54, 1.807) is 12.1 Å². The number of nitro groups is 2. The molecule has 1 N–H and O–H groups in total. The first-order valence-electron chi connectivity index (χ1n) is 7.09. The summed E-state index contributed by atoms with van der Waals surface area (Å²) in [4.78, 5) is 31.7. The Morgan fingerprint density at radius 3 is 1.79 bits per heavy atom. The number of nitrogens with zero attached hydrogens (tertiary/aromatic N) is 2. The summed E-state index contributed by atoms with van der Waals surface area (Å²) in [5, 5.41) is 30.8. The van der Waals surface area contributed by atoms with Gasteiger partial charge in [-0.05, 0) is 17.5 Å². The van der Waals surface area contributed by atoms with E-state index in [0.717, 1.165) is 0 Å². The second-order valence-electron chi connectivity index (χ2n) is 5.19. The van der Waals surface area contributed by atoms with E-state index >= 15 is 0 Å². The molecule has 0 spiro atoms. The van der Waals surface area contributed by atoms with Crippen molar-refractivity contribution in [3.8, 4) is 0 Å². The van der Waals surface area contributed by atoms with Gasteiger partial charge in [0.25, 0.3) is 11.4 Å². The third-order valence-corrected chi connectivity index (χ3v) is 3.61. The highest BCUT2D eigenvalue weighted by molar-refractivity contribution is 5.67. The first-order valence-corrected chi connectivity index (χ1v) is 7.09. The van der Waals surface area contributed by atoms with Gasteiger partial charge in [0.15, 0.2) is 0 Å². The SMILES string of the molecule is O=C(O)CCC(c1cccc([N+](=O)[O-])c1)c1cccc([N+](=O)[O-])c1. The minimum Gasteiger partial charge on any atom is -0.481 e. The van der Waals surface area contributed by atoms with E-state index in [-0.39, 0.29) is 24.2 Å². The molecule has 0 aliphatic heterocycles. The molecule has 8 heteroatoms. The molecule has 0 saturated heterocycles. The van der Waals surface area contributed by atoms with Crippen LogP contribution in [0, 0.1) is 20.2 Å². The zero-order valence-corrected chi connectivity index (χ0v) is 12.5. The van der Waals surface area contributed by atoms with Crippen molar-refractivity contribution in [1.82, 2.24) is 0 Å². The minimum atomic E-state index is -1.00. The van der Waals surface area contributed by atoms with Gasteiger partial charge in [-0.2, -0.15) is 0 Å². The Bertz CT molecular complexity index is 732. The summed E-state index contributed by atoms with van der Waals surface area (Å²) in [6.07, 6.45) is 0.0215. The lowest BCUT2D eigenvalue weighted by molar-refractivity contribution is -0.385. The number of carboxylic acids is 1. The number of nitro benzene ring substituents is 2. The lowest BCUT2D eigenvalue weighted by Crippen LogP contribution is -2.06. The Labute approximate surface area is 136 Å². The zero-order chi connectivity index (χ0) is 17.7. The fraction of sp³-hybridized carbons (Fsp3) is 0.188. The monoisotopic (exact) mass is 330 g/mol. The first kappa shape index (κ1) is 17.1. The maximum Gasteiger partial charge on any atom is 0.303 e. The quantitative estimate of drug-likeness (QED) is 0.612. The van der Waals surface area contributed by atoms with Crippen molar-refractivity contribution in [3.05, 3.63) is 79.9 Å². The van der Waals surface area contributed by atoms with E-state index in [4.69, 9.17) is 5.11 Å². The van der Waals surface area contributed by atoms with E-state index in [1.165, 1.54) is 36.4 Å². The van der Waals surface area contributed by atoms with Crippen LogP contribution in [-0.2, 0) is 4.79 Å². The van der Waals surface area contributed by atoms with E-state index in [0.29, 0.717) is 11.1 Å². The molecule has 0 atom stereocenters. The average molecular weight is 330 g/mol. The van der Waals surface area contributed by atoms with Gasteiger partial charge in [0.2, 0.25) is 0 Å². The molecule has 2 aromatic rings. The second-order valence-corrected chi connectivity index (χ2v) is 5.19. The summed E-state index contributed by atoms with van der Waals surface area (Å²) in [5.74, 6) is -1.49. The molecule has 0 unspecified atom stereocenters. The van der Waals surface area contributed by atoms with Crippen LogP contribution in [0.25, 0.3) is 0 Å². The van der Waals surface area contributed by atoms with Crippen molar-refractivity contribution >= 4 is 17.3 Å². The Kier molecular flexibility index (Phi) is 5.20. The van der Waals surface area contributed by atoms with E-state index < -0.39 is 21.7 Å². The maximum absolute atomic E-state index is 10.9. The normalized spacial score (nSPS) is 10.5. The summed E-state index contributed by atoms with van der Waals surface area (Å²) in [7, 11) is 0. The van der Waals surface area contributed by atoms with E-state index in [2.05, 4.69) is 0 Å². The van der Waals surface area contributed by atoms with Crippen molar-refractivity contribution in [3.63, 3.8) is 0 Å². The Balaban J connectivity index is 2.46. The molecule has 0 aromatic heterocycles. The van der Waals surface area contributed by atoms with Crippen molar-refractivity contribution in [1.29, 1.82) is 0 Å². The van der Waals surface area contributed by atoms with Gasteiger partial charge < -0.3 is 5.11 Å². The standard InChI is InChI=1S/C16H14N2O6/c19-16(20)8-7-15(11-3-1-5-13(9-11)17(21)22)12-4-2-6-14(10-12)18(23)24/h1-6,9-10,15H,7-8H2,(H,19,20). The second kappa shape index (κ2) is 7.32. The van der Waals surface area contributed by atoms with Crippen LogP contribution in [0.4, 0.5) is 11.4 Å². The highest BCUT2D eigenvalue weighted by Gasteiger charge is 2.20. The fourth-order valence-corrected chi connectivity index (χ4v) is 2.50. The lowest BCUT2D eigenvalue weighted by atomic mass is 9.87. The fourth-order valence-electron chi connectivity index (χ4n) is 2.50. The largest absolute Gasteiger partial charge is 0.481 e. The van der Waals surface area contributed by atoms with Crippen LogP contribution in [0.15, 0.2) is 48.5 Å². The molecule has 124 valence electrons. The summed E-state index contributed by atoms with van der Waals surface area (Å²) in [6.45, 7) is 0. The molecule has 8 nitrogen and oxygen atoms in total. The smallest absolute Gasteiger partial charge is 0.303 e. The number of benzene rings is 2. The van der Waals surface area contributed by atoms with Gasteiger partial charge in [0, 0.05) is 36.6 Å². The van der Waals surface area contributed by atoms with Gasteiger partial charge in [-0.15, -0.1) is 0 Å². The van der Waals surface area contributed by atoms with Gasteiger partial charge in [0.1, 0.15) is 0 Å². The molecule has 0 radical (unpaired) electrons. The van der Waals surface area contributed by atoms with Crippen LogP contribution < -0.4 is 0 Å². The summed E-state index contributed by atoms with van der Waals surface area (Å²) in [5.41, 5.74) is 0.869. The summed E-state index contributed by atoms with van der Waals surface area (Å²) in [6, 6.07) is 11.7. The van der Waals surface area contributed by atoms with E-state index in [1.807, 2.05) is 0 Å². The number of carbonyl (C=O) groups is 1. The van der Waals surface area contributed by atoms with Crippen LogP contribution in [-0.4, -0.2) is 20.9 Å². The van der Waals surface area contributed by atoms with Crippen molar-refractivity contribution in [2.45, 2.75) is 18.8 Å². The highest BCUT2D eigenvalue weighted by Crippen LogP contribution is 2.32. The number of rotatable bonds is 7. The number of hydrogen-bond donors (Lipinski definition) is 1. The molecular formula is C16H14N2O6. The minimum absolute atomic E-state index is 0.113. The van der Waals surface area contributed by atoms with Gasteiger partial charge >= 0.3 is 5.97 Å². The van der Waals surface area contributed by atoms with Crippen molar-refractivity contribution in [2.24, 2.45) is 0 Å². The molecule has 0 heterocycles. The number of carboxylic acid groups (broad SMARTS) is 1. The van der Waals surface area contributed by atoms with Gasteiger partial charge in [-0.1, -0.05) is 24.3 Å². The Morgan fingerprint density at radius 1 is 0.958 bits per heavy atom. The zero-order valence-electron chi connectivity index (χ0n) is 12.5. The molecule has 2 aromatic carbocycles. The lowest BCUT2D eigenvalue weighted by Gasteiger charge is -2.17. The maximum atomic E-state index is 10.9. The molecule has 0 bridgehead atoms. The van der Waals surface area contributed by atoms with Gasteiger partial charge in [-0.3, -0.25) is 25.0 Å². The molecule has 0 amide bonds. The molecule has 0 aliphatic carbocycles. The summed E-state index contributed by atoms with van der Waals surface area (Å²) < 4.78 is 0. The van der Waals surface area contributed by atoms with Gasteiger partial charge in [-0.25, -0.2) is 0 Å². The number of hydrogen-bond acceptors (Lipinski definition) is 5. The predicted octanol–water partition coefficient (Wildman–Crippen LogP) is 3.50. The number of non-ortho nitro benzene ring substituents is 2. The van der Waals surface area contributed by atoms with Crippen LogP contribution in [0.2, 0.25) is 0 Å². The molecule has 2 rings (SSSR count). The molecule has 24 heavy (non-hydrogen) atoms. The van der Waals surface area contributed by atoms with Crippen LogP contribution in [0.5, 0.6) is 0 Å². The Hall–Kier alpha value is -3.29.